The Kier molecular flexibility index (Phi) is 4.82. The molecule has 0 aromatic heterocycles. The van der Waals surface area contributed by atoms with Gasteiger partial charge in [0.25, 0.3) is 0 Å². The predicted octanol–water partition coefficient (Wildman–Crippen LogP) is 5.35. The number of hydrogen-bond acceptors (Lipinski definition) is 2. The van der Waals surface area contributed by atoms with E-state index in [4.69, 9.17) is 0 Å². The zero-order valence-electron chi connectivity index (χ0n) is 3.72. The van der Waals surface area contributed by atoms with Crippen molar-refractivity contribution < 1.29 is -6.36 Å². The Morgan fingerprint density at radius 2 is 0.778 bits per heavy atom. The molecule has 0 bridgehead atoms. The van der Waals surface area contributed by atoms with Crippen LogP contribution in [-0.4, -0.2) is 0 Å². The van der Waals surface area contributed by atoms with Gasteiger partial charge in [-0.1, -0.05) is 0 Å². The van der Waals surface area contributed by atoms with E-state index in [-0.39, 0.29) is 6.15 Å². The van der Waals surface area contributed by atoms with Crippen molar-refractivity contribution >= 4 is 118 Å². The molecule has 2 nitrogen and oxygen atoms in total. The molecule has 0 aromatic carbocycles. The fourth-order valence-corrected chi connectivity index (χ4v) is 0. The van der Waals surface area contributed by atoms with Crippen LogP contribution in [0.4, 0.5) is 0 Å². The average molecular weight is 987 g/mol. The number of rotatable bonds is 0. The maximum absolute atomic E-state index is 11.9. The van der Waals surface area contributed by atoms with Crippen LogP contribution in [0.5, 0.6) is 0 Å². The Morgan fingerprint density at radius 3 is 0.778 bits per heavy atom. The van der Waals surface area contributed by atoms with Gasteiger partial charge in [-0.3, -0.25) is 0 Å². The van der Waals surface area contributed by atoms with E-state index in [9.17, 15) is 3.50 Å². The molecule has 0 radical (unpaired) electrons. The fraction of sp³-hybridized carbons (Fsp3) is 0. The van der Waals surface area contributed by atoms with Crippen LogP contribution in [0.25, 0.3) is 0 Å². The second kappa shape index (κ2) is 2.67. The summed E-state index contributed by atoms with van der Waals surface area (Å²) >= 11 is 12.2. The molecule has 0 amide bonds. The van der Waals surface area contributed by atoms with Crippen LogP contribution in [0, 0.1) is 0 Å². The van der Waals surface area contributed by atoms with Gasteiger partial charge < -0.3 is 6.15 Å². The molecule has 65 valence electrons. The molecular formula is H3I6IrNO. The molecule has 0 aliphatic heterocycles. The topological polar surface area (TPSA) is 52.1 Å². The Balaban J connectivity index is 0. The van der Waals surface area contributed by atoms with Gasteiger partial charge in [-0.25, -0.2) is 0 Å². The van der Waals surface area contributed by atoms with Crippen LogP contribution in [0.15, 0.2) is 0 Å². The van der Waals surface area contributed by atoms with Gasteiger partial charge in [-0.15, -0.1) is 0 Å². The third kappa shape index (κ3) is 64.9. The second-order valence-electron chi connectivity index (χ2n) is 1.02. The van der Waals surface area contributed by atoms with Crippen molar-refractivity contribution in [2.24, 2.45) is 0 Å². The SMILES string of the molecule is N.[O]=[Ir]([I])([I])([I])([I])([I])[I]. The minimum absolute atomic E-state index is 0. The van der Waals surface area contributed by atoms with Crippen molar-refractivity contribution in [2.45, 2.75) is 0 Å². The summed E-state index contributed by atoms with van der Waals surface area (Å²) in [5.74, 6) is 0. The summed E-state index contributed by atoms with van der Waals surface area (Å²) in [4.78, 5) is 0. The Morgan fingerprint density at radius 1 is 0.778 bits per heavy atom. The van der Waals surface area contributed by atoms with Crippen LogP contribution in [0.3, 0.4) is 0 Å². The summed E-state index contributed by atoms with van der Waals surface area (Å²) in [6.45, 7) is 0. The van der Waals surface area contributed by atoms with Crippen LogP contribution in [-0.2, 0) is -6.36 Å². The summed E-state index contributed by atoms with van der Waals surface area (Å²) in [6, 6.07) is 0. The zero-order valence-corrected chi connectivity index (χ0v) is 19.1. The molecule has 0 heterocycles. The van der Waals surface area contributed by atoms with E-state index in [1.54, 1.807) is 0 Å². The van der Waals surface area contributed by atoms with Crippen molar-refractivity contribution in [1.82, 2.24) is 6.15 Å². The molecule has 0 aliphatic rings. The van der Waals surface area contributed by atoms with Crippen molar-refractivity contribution in [3.63, 3.8) is 0 Å². The summed E-state index contributed by atoms with van der Waals surface area (Å²) in [7, 11) is 0. The number of halogens is 6. The summed E-state index contributed by atoms with van der Waals surface area (Å²) in [5, 5.41) is 0. The second-order valence-corrected chi connectivity index (χ2v) is 280. The van der Waals surface area contributed by atoms with Crippen LogP contribution in [0.2, 0.25) is 0 Å². The van der Waals surface area contributed by atoms with E-state index in [1.807, 2.05) is 118 Å². The zero-order chi connectivity index (χ0) is 7.38. The molecule has 0 saturated carbocycles. The minimum atomic E-state index is -4.14. The Hall–Kier alpha value is 4.79. The normalized spacial score (nSPS) is 24.0. The molecule has 0 saturated heterocycles. The van der Waals surface area contributed by atoms with Crippen molar-refractivity contribution in [1.29, 1.82) is 0 Å². The van der Waals surface area contributed by atoms with E-state index in [0.717, 1.165) is 0 Å². The van der Waals surface area contributed by atoms with Crippen molar-refractivity contribution in [3.05, 3.63) is 0 Å². The molecule has 3 N–H and O–H groups in total. The molecule has 9 heteroatoms. The van der Waals surface area contributed by atoms with Gasteiger partial charge in [0.15, 0.2) is 0 Å². The van der Waals surface area contributed by atoms with Gasteiger partial charge in [-0.2, -0.15) is 0 Å². The van der Waals surface area contributed by atoms with E-state index in [0.29, 0.717) is 0 Å². The van der Waals surface area contributed by atoms with Gasteiger partial charge in [0, 0.05) is 0 Å². The number of hydrogen-bond donors (Lipinski definition) is 1. The quantitative estimate of drug-likeness (QED) is 0.333. The van der Waals surface area contributed by atoms with E-state index in [1.165, 1.54) is 0 Å². The van der Waals surface area contributed by atoms with E-state index < -0.39 is -9.86 Å². The van der Waals surface area contributed by atoms with Gasteiger partial charge in [0.1, 0.15) is 0 Å². The van der Waals surface area contributed by atoms with Crippen molar-refractivity contribution in [3.8, 4) is 0 Å². The van der Waals surface area contributed by atoms with Gasteiger partial charge in [0.2, 0.25) is 0 Å². The first kappa shape index (κ1) is 16.2. The van der Waals surface area contributed by atoms with E-state index in [2.05, 4.69) is 0 Å². The molecule has 0 fully saturated rings. The summed E-state index contributed by atoms with van der Waals surface area (Å²) in [5.41, 5.74) is 0. The molecule has 0 spiro atoms. The molecule has 0 atom stereocenters. The standard InChI is InChI=1S/6HI.Ir.H3N.O/h6*1H;;1H3;/q;;;;;;+6;;/p-6. The molecule has 0 aliphatic carbocycles. The van der Waals surface area contributed by atoms with Crippen LogP contribution in [0.1, 0.15) is 0 Å². The fourth-order valence-electron chi connectivity index (χ4n) is 0. The molecule has 0 aromatic rings. The molecule has 9 heavy (non-hydrogen) atoms. The summed E-state index contributed by atoms with van der Waals surface area (Å²) in [6.07, 6.45) is 0. The first-order chi connectivity index (χ1) is 2.65. The first-order valence-electron chi connectivity index (χ1n) is 0.892. The van der Waals surface area contributed by atoms with Gasteiger partial charge in [-0.05, 0) is 0 Å². The molecular weight excluding hydrogens is 984 g/mol. The van der Waals surface area contributed by atoms with Crippen molar-refractivity contribution in [2.75, 3.05) is 0 Å². The van der Waals surface area contributed by atoms with Crippen LogP contribution >= 0.6 is 118 Å². The van der Waals surface area contributed by atoms with Gasteiger partial charge >= 0.3 is 111 Å². The maximum atomic E-state index is 11.9. The average Bonchev–Trinajstić information content (AvgIpc) is 0.544. The monoisotopic (exact) mass is 987 g/mol. The van der Waals surface area contributed by atoms with E-state index >= 15 is 0 Å². The third-order valence-corrected chi connectivity index (χ3v) is 0. The summed E-state index contributed by atoms with van der Waals surface area (Å²) < 4.78 is 7.79. The van der Waals surface area contributed by atoms with Gasteiger partial charge in [0.05, 0.1) is 0 Å². The molecule has 0 unspecified atom stereocenters. The Labute approximate surface area is 113 Å². The van der Waals surface area contributed by atoms with Crippen LogP contribution < -0.4 is 6.15 Å². The predicted molar refractivity (Wildman–Crippen MR) is 89.8 cm³/mol. The Bertz CT molecular complexity index is 181. The third-order valence-electron chi connectivity index (χ3n) is 0. The first-order valence-corrected chi connectivity index (χ1v) is 42.6. The molecule has 0 rings (SSSR count).